The summed E-state index contributed by atoms with van der Waals surface area (Å²) in [4.78, 5) is 12.7. The molecule has 2 rings (SSSR count). The van der Waals surface area contributed by atoms with Gasteiger partial charge in [0.25, 0.3) is 0 Å². The van der Waals surface area contributed by atoms with Crippen molar-refractivity contribution in [1.82, 2.24) is 0 Å². The Hall–Kier alpha value is -2.29. The molecule has 0 saturated carbocycles. The highest BCUT2D eigenvalue weighted by molar-refractivity contribution is 6.10. The summed E-state index contributed by atoms with van der Waals surface area (Å²) in [6.45, 7) is 5.94. The van der Waals surface area contributed by atoms with E-state index in [4.69, 9.17) is 9.47 Å². The zero-order valence-corrected chi connectivity index (χ0v) is 13.1. The minimum absolute atomic E-state index is 0.00319. The molecule has 0 fully saturated rings. The van der Waals surface area contributed by atoms with Gasteiger partial charge in [-0.15, -0.1) is 0 Å². The third-order valence-electron chi connectivity index (χ3n) is 3.74. The fourth-order valence-electron chi connectivity index (χ4n) is 2.26. The normalized spacial score (nSPS) is 10.3. The second-order valence-corrected chi connectivity index (χ2v) is 5.15. The number of hydrogen-bond acceptors (Lipinski definition) is 3. The van der Waals surface area contributed by atoms with Crippen LogP contribution in [0, 0.1) is 20.8 Å². The van der Waals surface area contributed by atoms with Gasteiger partial charge in [-0.3, -0.25) is 4.79 Å². The maximum absolute atomic E-state index is 12.7. The van der Waals surface area contributed by atoms with Crippen LogP contribution < -0.4 is 9.47 Å². The second kappa shape index (κ2) is 6.00. The number of aryl methyl sites for hydroxylation is 3. The molecule has 0 heterocycles. The lowest BCUT2D eigenvalue weighted by Gasteiger charge is -2.12. The first-order valence-electron chi connectivity index (χ1n) is 6.82. The maximum Gasteiger partial charge on any atom is 0.193 e. The fourth-order valence-corrected chi connectivity index (χ4v) is 2.26. The van der Waals surface area contributed by atoms with Crippen LogP contribution in [0.1, 0.15) is 32.6 Å². The molecular weight excluding hydrogens is 264 g/mol. The summed E-state index contributed by atoms with van der Waals surface area (Å²) >= 11 is 0. The number of carbonyl (C=O) groups is 1. The molecule has 0 spiro atoms. The lowest BCUT2D eigenvalue weighted by molar-refractivity contribution is 0.103. The van der Waals surface area contributed by atoms with Gasteiger partial charge < -0.3 is 9.47 Å². The average molecular weight is 284 g/mol. The van der Waals surface area contributed by atoms with Crippen LogP contribution in [0.5, 0.6) is 11.5 Å². The van der Waals surface area contributed by atoms with Gasteiger partial charge in [0.2, 0.25) is 0 Å². The molecule has 0 N–H and O–H groups in total. The Kier molecular flexibility index (Phi) is 4.32. The molecule has 110 valence electrons. The molecular formula is C18H20O3. The summed E-state index contributed by atoms with van der Waals surface area (Å²) in [5.41, 5.74) is 4.48. The lowest BCUT2D eigenvalue weighted by Crippen LogP contribution is -2.06. The molecule has 0 bridgehead atoms. The van der Waals surface area contributed by atoms with E-state index in [2.05, 4.69) is 0 Å². The van der Waals surface area contributed by atoms with Gasteiger partial charge in [0, 0.05) is 11.1 Å². The minimum atomic E-state index is -0.00319. The molecule has 0 radical (unpaired) electrons. The minimum Gasteiger partial charge on any atom is -0.493 e. The van der Waals surface area contributed by atoms with Crippen molar-refractivity contribution in [3.63, 3.8) is 0 Å². The standard InChI is InChI=1S/C18H20O3/c1-11-6-7-14(8-12(11)2)18(19)15-10-17(21-5)16(20-4)9-13(15)3/h6-10H,1-5H3. The third-order valence-corrected chi connectivity index (χ3v) is 3.74. The van der Waals surface area contributed by atoms with Crippen LogP contribution in [0.3, 0.4) is 0 Å². The quantitative estimate of drug-likeness (QED) is 0.800. The first-order valence-corrected chi connectivity index (χ1v) is 6.82. The summed E-state index contributed by atoms with van der Waals surface area (Å²) in [6.07, 6.45) is 0. The van der Waals surface area contributed by atoms with E-state index in [1.807, 2.05) is 45.0 Å². The molecule has 2 aromatic carbocycles. The van der Waals surface area contributed by atoms with Crippen LogP contribution in [-0.4, -0.2) is 20.0 Å². The highest BCUT2D eigenvalue weighted by Crippen LogP contribution is 2.31. The smallest absolute Gasteiger partial charge is 0.193 e. The predicted octanol–water partition coefficient (Wildman–Crippen LogP) is 3.86. The maximum atomic E-state index is 12.7. The van der Waals surface area contributed by atoms with Gasteiger partial charge in [0.15, 0.2) is 17.3 Å². The average Bonchev–Trinajstić information content (AvgIpc) is 2.49. The van der Waals surface area contributed by atoms with Crippen molar-refractivity contribution in [2.45, 2.75) is 20.8 Å². The Balaban J connectivity index is 2.50. The van der Waals surface area contributed by atoms with E-state index < -0.39 is 0 Å². The Morgan fingerprint density at radius 2 is 1.43 bits per heavy atom. The summed E-state index contributed by atoms with van der Waals surface area (Å²) in [5.74, 6) is 1.19. The number of benzene rings is 2. The molecule has 21 heavy (non-hydrogen) atoms. The van der Waals surface area contributed by atoms with Crippen LogP contribution in [0.2, 0.25) is 0 Å². The molecule has 0 unspecified atom stereocenters. The van der Waals surface area contributed by atoms with Crippen molar-refractivity contribution in [2.24, 2.45) is 0 Å². The number of methoxy groups -OCH3 is 2. The molecule has 3 heteroatoms. The highest BCUT2D eigenvalue weighted by Gasteiger charge is 2.16. The molecule has 0 atom stereocenters. The van der Waals surface area contributed by atoms with Gasteiger partial charge in [-0.2, -0.15) is 0 Å². The number of ether oxygens (including phenoxy) is 2. The van der Waals surface area contributed by atoms with Crippen LogP contribution in [-0.2, 0) is 0 Å². The first kappa shape index (κ1) is 15.1. The van der Waals surface area contributed by atoms with Crippen LogP contribution in [0.15, 0.2) is 30.3 Å². The van der Waals surface area contributed by atoms with Crippen molar-refractivity contribution in [3.8, 4) is 11.5 Å². The number of ketones is 1. The molecule has 2 aromatic rings. The van der Waals surface area contributed by atoms with Gasteiger partial charge in [-0.1, -0.05) is 12.1 Å². The molecule has 0 aromatic heterocycles. The largest absolute Gasteiger partial charge is 0.493 e. The van der Waals surface area contributed by atoms with Gasteiger partial charge in [0.05, 0.1) is 14.2 Å². The summed E-state index contributed by atoms with van der Waals surface area (Å²) in [7, 11) is 3.15. The molecule has 0 amide bonds. The molecule has 0 aliphatic heterocycles. The zero-order valence-electron chi connectivity index (χ0n) is 13.1. The molecule has 0 saturated heterocycles. The van der Waals surface area contributed by atoms with E-state index in [1.54, 1.807) is 20.3 Å². The van der Waals surface area contributed by atoms with Crippen molar-refractivity contribution in [1.29, 1.82) is 0 Å². The van der Waals surface area contributed by atoms with Crippen molar-refractivity contribution < 1.29 is 14.3 Å². The zero-order chi connectivity index (χ0) is 15.6. The molecule has 3 nitrogen and oxygen atoms in total. The van der Waals surface area contributed by atoms with Crippen LogP contribution >= 0.6 is 0 Å². The monoisotopic (exact) mass is 284 g/mol. The van der Waals surface area contributed by atoms with E-state index in [1.165, 1.54) is 5.56 Å². The van der Waals surface area contributed by atoms with E-state index in [0.717, 1.165) is 11.1 Å². The van der Waals surface area contributed by atoms with E-state index in [0.29, 0.717) is 22.6 Å². The number of carbonyl (C=O) groups excluding carboxylic acids is 1. The Bertz CT molecular complexity index is 687. The van der Waals surface area contributed by atoms with Crippen molar-refractivity contribution in [2.75, 3.05) is 14.2 Å². The second-order valence-electron chi connectivity index (χ2n) is 5.15. The SMILES string of the molecule is COc1cc(C)c(C(=O)c2ccc(C)c(C)c2)cc1OC. The van der Waals surface area contributed by atoms with Crippen molar-refractivity contribution >= 4 is 5.78 Å². The predicted molar refractivity (Wildman–Crippen MR) is 83.6 cm³/mol. The van der Waals surface area contributed by atoms with E-state index >= 15 is 0 Å². The van der Waals surface area contributed by atoms with E-state index in [-0.39, 0.29) is 5.78 Å². The van der Waals surface area contributed by atoms with E-state index in [9.17, 15) is 4.79 Å². The fraction of sp³-hybridized carbons (Fsp3) is 0.278. The first-order chi connectivity index (χ1) is 9.97. The van der Waals surface area contributed by atoms with Gasteiger partial charge >= 0.3 is 0 Å². The lowest BCUT2D eigenvalue weighted by atomic mass is 9.96. The Morgan fingerprint density at radius 3 is 2.00 bits per heavy atom. The van der Waals surface area contributed by atoms with Crippen LogP contribution in [0.4, 0.5) is 0 Å². The summed E-state index contributed by atoms with van der Waals surface area (Å²) in [6, 6.07) is 9.33. The molecule has 0 aliphatic carbocycles. The van der Waals surface area contributed by atoms with Crippen LogP contribution in [0.25, 0.3) is 0 Å². The van der Waals surface area contributed by atoms with Gasteiger partial charge in [0.1, 0.15) is 0 Å². The Morgan fingerprint density at radius 1 is 0.810 bits per heavy atom. The van der Waals surface area contributed by atoms with Gasteiger partial charge in [-0.25, -0.2) is 0 Å². The topological polar surface area (TPSA) is 35.5 Å². The third kappa shape index (κ3) is 2.92. The van der Waals surface area contributed by atoms with Crippen molar-refractivity contribution in [3.05, 3.63) is 58.1 Å². The summed E-state index contributed by atoms with van der Waals surface area (Å²) < 4.78 is 10.5. The highest BCUT2D eigenvalue weighted by atomic mass is 16.5. The summed E-state index contributed by atoms with van der Waals surface area (Å²) in [5, 5.41) is 0. The number of hydrogen-bond donors (Lipinski definition) is 0. The Labute approximate surface area is 125 Å². The molecule has 0 aliphatic rings. The number of rotatable bonds is 4. The van der Waals surface area contributed by atoms with Gasteiger partial charge in [-0.05, 0) is 55.7 Å².